The fraction of sp³-hybridized carbons (Fsp3) is 0.929. The summed E-state index contributed by atoms with van der Waals surface area (Å²) in [5.74, 6) is 0. The molecule has 1 aliphatic rings. The topological polar surface area (TPSA) is 18.5 Å². The molecule has 0 aromatic carbocycles. The van der Waals surface area contributed by atoms with Gasteiger partial charge in [-0.25, -0.2) is 0 Å². The average Bonchev–Trinajstić information content (AvgIpc) is 2.35. The van der Waals surface area contributed by atoms with Gasteiger partial charge in [0.05, 0.1) is 0 Å². The highest BCUT2D eigenvalue weighted by Gasteiger charge is 2.16. The lowest BCUT2D eigenvalue weighted by molar-refractivity contribution is 0.318. The Morgan fingerprint density at radius 1 is 1.11 bits per heavy atom. The van der Waals surface area contributed by atoms with Crippen LogP contribution in [0.5, 0.6) is 0 Å². The van der Waals surface area contributed by atoms with E-state index in [1.165, 1.54) is 32.1 Å². The van der Waals surface area contributed by atoms with Gasteiger partial charge in [-0.1, -0.05) is 26.2 Å². The minimum absolute atomic E-state index is 0.616. The van der Waals surface area contributed by atoms with E-state index in [2.05, 4.69) is 36.1 Å². The van der Waals surface area contributed by atoms with Crippen LogP contribution in [-0.4, -0.2) is 54.7 Å². The maximum Gasteiger partial charge on any atom is 0.169 e. The fourth-order valence-corrected chi connectivity index (χ4v) is 2.77. The second kappa shape index (κ2) is 8.70. The van der Waals surface area contributed by atoms with Crippen molar-refractivity contribution in [3.8, 4) is 0 Å². The molecule has 1 saturated carbocycles. The Morgan fingerprint density at radius 3 is 2.33 bits per heavy atom. The van der Waals surface area contributed by atoms with Gasteiger partial charge in [0.15, 0.2) is 5.11 Å². The standard InChI is InChI=1S/C14H29N3S/c1-4-10-17(12-11-16(2)3)14(18)15-13-8-6-5-7-9-13/h13H,4-12H2,1-3H3,(H,15,18). The molecule has 1 rings (SSSR count). The Bertz CT molecular complexity index is 237. The largest absolute Gasteiger partial charge is 0.360 e. The van der Waals surface area contributed by atoms with E-state index in [9.17, 15) is 0 Å². The normalized spacial score (nSPS) is 16.9. The molecule has 0 heterocycles. The van der Waals surface area contributed by atoms with Crippen LogP contribution in [-0.2, 0) is 0 Å². The van der Waals surface area contributed by atoms with Crippen molar-refractivity contribution in [2.24, 2.45) is 0 Å². The SMILES string of the molecule is CCCN(CCN(C)C)C(=S)NC1CCCCC1. The number of nitrogens with zero attached hydrogens (tertiary/aromatic N) is 2. The third-order valence-electron chi connectivity index (χ3n) is 3.53. The molecule has 0 atom stereocenters. The molecule has 0 spiro atoms. The summed E-state index contributed by atoms with van der Waals surface area (Å²) in [5.41, 5.74) is 0. The Morgan fingerprint density at radius 2 is 1.78 bits per heavy atom. The molecule has 0 bridgehead atoms. The highest BCUT2D eigenvalue weighted by atomic mass is 32.1. The molecule has 0 amide bonds. The minimum atomic E-state index is 0.616. The lowest BCUT2D eigenvalue weighted by atomic mass is 9.96. The van der Waals surface area contributed by atoms with Crippen molar-refractivity contribution in [1.82, 2.24) is 15.1 Å². The Kier molecular flexibility index (Phi) is 7.59. The molecule has 1 fully saturated rings. The van der Waals surface area contributed by atoms with E-state index in [-0.39, 0.29) is 0 Å². The van der Waals surface area contributed by atoms with Gasteiger partial charge in [-0.2, -0.15) is 0 Å². The summed E-state index contributed by atoms with van der Waals surface area (Å²) in [6, 6.07) is 0.616. The van der Waals surface area contributed by atoms with Crippen molar-refractivity contribution < 1.29 is 0 Å². The van der Waals surface area contributed by atoms with E-state index in [4.69, 9.17) is 12.2 Å². The van der Waals surface area contributed by atoms with Crippen LogP contribution in [0.4, 0.5) is 0 Å². The number of hydrogen-bond acceptors (Lipinski definition) is 2. The van der Waals surface area contributed by atoms with Crippen LogP contribution < -0.4 is 5.32 Å². The van der Waals surface area contributed by atoms with Gasteiger partial charge in [-0.15, -0.1) is 0 Å². The summed E-state index contributed by atoms with van der Waals surface area (Å²) in [4.78, 5) is 4.54. The van der Waals surface area contributed by atoms with Gasteiger partial charge < -0.3 is 15.1 Å². The third kappa shape index (κ3) is 6.01. The molecular weight excluding hydrogens is 242 g/mol. The highest BCUT2D eigenvalue weighted by Crippen LogP contribution is 2.17. The Labute approximate surface area is 118 Å². The second-order valence-corrected chi connectivity index (χ2v) is 5.96. The lowest BCUT2D eigenvalue weighted by Gasteiger charge is -2.31. The smallest absolute Gasteiger partial charge is 0.169 e. The maximum absolute atomic E-state index is 5.57. The predicted molar refractivity (Wildman–Crippen MR) is 83.0 cm³/mol. The van der Waals surface area contributed by atoms with Crippen LogP contribution in [0.3, 0.4) is 0 Å². The first-order valence-electron chi connectivity index (χ1n) is 7.33. The van der Waals surface area contributed by atoms with Gasteiger partial charge in [-0.05, 0) is 45.6 Å². The number of nitrogens with one attached hydrogen (secondary N) is 1. The van der Waals surface area contributed by atoms with Crippen molar-refractivity contribution in [2.75, 3.05) is 33.7 Å². The summed E-state index contributed by atoms with van der Waals surface area (Å²) in [5, 5.41) is 4.53. The van der Waals surface area contributed by atoms with E-state index < -0.39 is 0 Å². The second-order valence-electron chi connectivity index (χ2n) is 5.57. The molecule has 0 radical (unpaired) electrons. The number of rotatable bonds is 6. The average molecular weight is 271 g/mol. The van der Waals surface area contributed by atoms with E-state index in [0.717, 1.165) is 31.2 Å². The molecule has 1 N–H and O–H groups in total. The number of hydrogen-bond donors (Lipinski definition) is 1. The zero-order valence-corrected chi connectivity index (χ0v) is 13.1. The van der Waals surface area contributed by atoms with Crippen molar-refractivity contribution in [3.63, 3.8) is 0 Å². The Balaban J connectivity index is 2.37. The lowest BCUT2D eigenvalue weighted by Crippen LogP contribution is -2.47. The monoisotopic (exact) mass is 271 g/mol. The van der Waals surface area contributed by atoms with Crippen molar-refractivity contribution in [3.05, 3.63) is 0 Å². The van der Waals surface area contributed by atoms with Gasteiger partial charge in [-0.3, -0.25) is 0 Å². The van der Waals surface area contributed by atoms with E-state index in [1.54, 1.807) is 0 Å². The molecule has 18 heavy (non-hydrogen) atoms. The van der Waals surface area contributed by atoms with Crippen LogP contribution in [0, 0.1) is 0 Å². The molecule has 4 heteroatoms. The summed E-state index contributed by atoms with van der Waals surface area (Å²) >= 11 is 5.57. The summed E-state index contributed by atoms with van der Waals surface area (Å²) in [6.45, 7) is 5.37. The van der Waals surface area contributed by atoms with Crippen LogP contribution in [0.25, 0.3) is 0 Å². The molecule has 0 aromatic rings. The van der Waals surface area contributed by atoms with Gasteiger partial charge in [0, 0.05) is 25.7 Å². The molecule has 1 aliphatic carbocycles. The molecule has 0 aromatic heterocycles. The van der Waals surface area contributed by atoms with Crippen molar-refractivity contribution >= 4 is 17.3 Å². The van der Waals surface area contributed by atoms with E-state index >= 15 is 0 Å². The number of likely N-dealkylation sites (N-methyl/N-ethyl adjacent to an activating group) is 1. The molecular formula is C14H29N3S. The molecule has 0 saturated heterocycles. The van der Waals surface area contributed by atoms with Gasteiger partial charge in [0.25, 0.3) is 0 Å². The summed E-state index contributed by atoms with van der Waals surface area (Å²) < 4.78 is 0. The van der Waals surface area contributed by atoms with Crippen molar-refractivity contribution in [1.29, 1.82) is 0 Å². The fourth-order valence-electron chi connectivity index (χ4n) is 2.42. The third-order valence-corrected chi connectivity index (χ3v) is 3.91. The first-order valence-corrected chi connectivity index (χ1v) is 7.74. The summed E-state index contributed by atoms with van der Waals surface area (Å²) in [7, 11) is 4.23. The van der Waals surface area contributed by atoms with Crippen LogP contribution in [0.2, 0.25) is 0 Å². The predicted octanol–water partition coefficient (Wildman–Crippen LogP) is 2.47. The van der Waals surface area contributed by atoms with Gasteiger partial charge in [0.1, 0.15) is 0 Å². The van der Waals surface area contributed by atoms with E-state index in [1.807, 2.05) is 0 Å². The maximum atomic E-state index is 5.57. The number of thiocarbonyl (C=S) groups is 1. The molecule has 106 valence electrons. The zero-order valence-electron chi connectivity index (χ0n) is 12.2. The first-order chi connectivity index (χ1) is 8.63. The first kappa shape index (κ1) is 15.7. The van der Waals surface area contributed by atoms with Crippen LogP contribution in [0.1, 0.15) is 45.4 Å². The van der Waals surface area contributed by atoms with Crippen LogP contribution in [0.15, 0.2) is 0 Å². The quantitative estimate of drug-likeness (QED) is 0.748. The molecule has 3 nitrogen and oxygen atoms in total. The molecule has 0 unspecified atom stereocenters. The van der Waals surface area contributed by atoms with Gasteiger partial charge in [0.2, 0.25) is 0 Å². The summed E-state index contributed by atoms with van der Waals surface area (Å²) in [6.07, 6.45) is 7.82. The zero-order chi connectivity index (χ0) is 13.4. The van der Waals surface area contributed by atoms with Crippen molar-refractivity contribution in [2.45, 2.75) is 51.5 Å². The highest BCUT2D eigenvalue weighted by molar-refractivity contribution is 7.80. The minimum Gasteiger partial charge on any atom is -0.360 e. The molecule has 0 aliphatic heterocycles. The van der Waals surface area contributed by atoms with Crippen LogP contribution >= 0.6 is 12.2 Å². The van der Waals surface area contributed by atoms with E-state index in [0.29, 0.717) is 6.04 Å². The van der Waals surface area contributed by atoms with Gasteiger partial charge >= 0.3 is 0 Å². The Hall–Kier alpha value is -0.350.